The van der Waals surface area contributed by atoms with E-state index in [1.54, 1.807) is 0 Å². The van der Waals surface area contributed by atoms with Crippen molar-refractivity contribution in [2.75, 3.05) is 11.4 Å². The summed E-state index contributed by atoms with van der Waals surface area (Å²) in [6.45, 7) is 0.641. The largest absolute Gasteiger partial charge is 0.308 e. The monoisotopic (exact) mass is 300 g/mol. The highest BCUT2D eigenvalue weighted by Crippen LogP contribution is 2.17. The van der Waals surface area contributed by atoms with Gasteiger partial charge in [0.1, 0.15) is 0 Å². The lowest BCUT2D eigenvalue weighted by molar-refractivity contribution is 0.0987. The fourth-order valence-corrected chi connectivity index (χ4v) is 2.53. The Kier molecular flexibility index (Phi) is 4.85. The van der Waals surface area contributed by atoms with Crippen LogP contribution in [0.5, 0.6) is 0 Å². The van der Waals surface area contributed by atoms with Crippen LogP contribution in [-0.4, -0.2) is 12.5 Å². The van der Waals surface area contributed by atoms with E-state index in [-0.39, 0.29) is 5.91 Å². The molecule has 0 bridgehead atoms. The quantitative estimate of drug-likeness (QED) is 0.685. The van der Waals surface area contributed by atoms with Gasteiger partial charge in [0.15, 0.2) is 0 Å². The maximum Gasteiger partial charge on any atom is 0.258 e. The van der Waals surface area contributed by atoms with Crippen LogP contribution in [0.2, 0.25) is 0 Å². The zero-order valence-corrected chi connectivity index (χ0v) is 12.9. The number of hydrogen-bond donors (Lipinski definition) is 0. The van der Waals surface area contributed by atoms with Gasteiger partial charge in [-0.2, -0.15) is 0 Å². The van der Waals surface area contributed by atoms with Crippen LogP contribution in [0.15, 0.2) is 84.9 Å². The fourth-order valence-electron chi connectivity index (χ4n) is 2.53. The third kappa shape index (κ3) is 3.86. The molecule has 2 nitrogen and oxygen atoms in total. The lowest BCUT2D eigenvalue weighted by Gasteiger charge is -2.23. The van der Waals surface area contributed by atoms with Gasteiger partial charge in [-0.15, -0.1) is 0 Å². The predicted octanol–water partition coefficient (Wildman–Crippen LogP) is 4.38. The molecule has 23 heavy (non-hydrogen) atoms. The molecule has 0 fully saturated rings. The van der Waals surface area contributed by atoms with Crippen LogP contribution in [0.3, 0.4) is 0 Å². The molecule has 0 unspecified atom stereocenters. The summed E-state index contributed by atoms with van der Waals surface area (Å²) >= 11 is 0. The van der Waals surface area contributed by atoms with E-state index in [4.69, 9.17) is 0 Å². The van der Waals surface area contributed by atoms with Gasteiger partial charge in [-0.25, -0.2) is 0 Å². The second kappa shape index (κ2) is 7.41. The van der Waals surface area contributed by atoms with E-state index < -0.39 is 0 Å². The number of nitrogens with zero attached hydrogens (tertiary/aromatic N) is 1. The number of hydrogen-bond acceptors (Lipinski definition) is 1. The second-order valence-electron chi connectivity index (χ2n) is 5.32. The Labute approximate surface area is 137 Å². The van der Waals surface area contributed by atoms with Crippen molar-refractivity contribution < 1.29 is 4.79 Å². The van der Waals surface area contributed by atoms with Gasteiger partial charge >= 0.3 is 0 Å². The maximum absolute atomic E-state index is 12.9. The van der Waals surface area contributed by atoms with E-state index in [9.17, 15) is 4.79 Å². The summed E-state index contributed by atoms with van der Waals surface area (Å²) < 4.78 is 0. The number of amides is 1. The molecule has 0 saturated heterocycles. The summed E-state index contributed by atoms with van der Waals surface area (Å²) in [6.07, 6.45) is 0.817. The highest BCUT2D eigenvalue weighted by molar-refractivity contribution is 6.06. The van der Waals surface area contributed by atoms with E-state index in [2.05, 4.69) is 18.2 Å². The summed E-state index contributed by atoms with van der Waals surface area (Å²) in [6, 6.07) is 30.2. The molecule has 113 valence electrons. The molecule has 1 amide bonds. The standard InChI is InChI=1S/C21H18NO/c23-21(19-12-6-2-7-13-19)22(20-14-8-3-9-15-20)17-16-18-10-4-1-5-11-18/h1-2,4-15H,16-17H2. The summed E-state index contributed by atoms with van der Waals surface area (Å²) in [4.78, 5) is 14.7. The van der Waals surface area contributed by atoms with Crippen LogP contribution in [0.1, 0.15) is 15.9 Å². The highest BCUT2D eigenvalue weighted by atomic mass is 16.2. The van der Waals surface area contributed by atoms with Crippen LogP contribution in [0.25, 0.3) is 0 Å². The van der Waals surface area contributed by atoms with Crippen LogP contribution >= 0.6 is 0 Å². The second-order valence-corrected chi connectivity index (χ2v) is 5.32. The molecule has 0 saturated carbocycles. The van der Waals surface area contributed by atoms with Gasteiger partial charge < -0.3 is 4.90 Å². The third-order valence-electron chi connectivity index (χ3n) is 3.75. The van der Waals surface area contributed by atoms with Gasteiger partial charge in [-0.3, -0.25) is 4.79 Å². The van der Waals surface area contributed by atoms with Gasteiger partial charge in [0, 0.05) is 17.8 Å². The van der Waals surface area contributed by atoms with Crippen LogP contribution in [-0.2, 0) is 6.42 Å². The first-order chi connectivity index (χ1) is 11.3. The van der Waals surface area contributed by atoms with Crippen molar-refractivity contribution in [3.63, 3.8) is 0 Å². The Balaban J connectivity index is 1.84. The molecule has 0 aliphatic carbocycles. The van der Waals surface area contributed by atoms with Crippen molar-refractivity contribution in [2.24, 2.45) is 0 Å². The Morgan fingerprint density at radius 3 is 2.09 bits per heavy atom. The minimum Gasteiger partial charge on any atom is -0.308 e. The maximum atomic E-state index is 12.9. The first kappa shape index (κ1) is 15.0. The van der Waals surface area contributed by atoms with Crippen molar-refractivity contribution in [1.82, 2.24) is 0 Å². The lowest BCUT2D eigenvalue weighted by Crippen LogP contribution is -2.32. The van der Waals surface area contributed by atoms with Crippen molar-refractivity contribution in [3.8, 4) is 0 Å². The predicted molar refractivity (Wildman–Crippen MR) is 93.5 cm³/mol. The Morgan fingerprint density at radius 1 is 0.826 bits per heavy atom. The molecule has 0 atom stereocenters. The van der Waals surface area contributed by atoms with E-state index >= 15 is 0 Å². The molecule has 3 aromatic carbocycles. The van der Waals surface area contributed by atoms with Crippen LogP contribution < -0.4 is 4.90 Å². The van der Waals surface area contributed by atoms with Crippen molar-refractivity contribution >= 4 is 11.6 Å². The lowest BCUT2D eigenvalue weighted by atomic mass is 10.1. The first-order valence-electron chi connectivity index (χ1n) is 7.71. The molecule has 3 aromatic rings. The topological polar surface area (TPSA) is 20.3 Å². The van der Waals surface area contributed by atoms with E-state index in [0.717, 1.165) is 12.1 Å². The van der Waals surface area contributed by atoms with E-state index in [0.29, 0.717) is 12.1 Å². The molecular weight excluding hydrogens is 282 g/mol. The average molecular weight is 300 g/mol. The summed E-state index contributed by atoms with van der Waals surface area (Å²) in [5.41, 5.74) is 2.82. The number of anilines is 1. The van der Waals surface area contributed by atoms with Gasteiger partial charge in [-0.05, 0) is 42.3 Å². The molecule has 0 spiro atoms. The summed E-state index contributed by atoms with van der Waals surface area (Å²) in [7, 11) is 0. The van der Waals surface area contributed by atoms with Gasteiger partial charge in [-0.1, -0.05) is 60.7 Å². The normalized spacial score (nSPS) is 10.3. The van der Waals surface area contributed by atoms with E-state index in [1.165, 1.54) is 5.56 Å². The number of carbonyl (C=O) groups excluding carboxylic acids is 1. The van der Waals surface area contributed by atoms with Crippen LogP contribution in [0.4, 0.5) is 5.69 Å². The number of rotatable bonds is 5. The minimum absolute atomic E-state index is 0.0210. The van der Waals surface area contributed by atoms with Crippen molar-refractivity contribution in [3.05, 3.63) is 102 Å². The van der Waals surface area contributed by atoms with Gasteiger partial charge in [0.2, 0.25) is 0 Å². The van der Waals surface area contributed by atoms with Gasteiger partial charge in [0.05, 0.1) is 0 Å². The number of carbonyl (C=O) groups is 1. The Morgan fingerprint density at radius 2 is 1.43 bits per heavy atom. The molecular formula is C21H18NO. The molecule has 0 aliphatic rings. The highest BCUT2D eigenvalue weighted by Gasteiger charge is 2.17. The Hall–Kier alpha value is -2.87. The number of benzene rings is 3. The zero-order chi connectivity index (χ0) is 15.9. The Bertz CT molecular complexity index is 739. The first-order valence-corrected chi connectivity index (χ1v) is 7.71. The summed E-state index contributed by atoms with van der Waals surface area (Å²) in [5, 5.41) is 0. The van der Waals surface area contributed by atoms with Gasteiger partial charge in [0.25, 0.3) is 5.91 Å². The van der Waals surface area contributed by atoms with Crippen molar-refractivity contribution in [2.45, 2.75) is 6.42 Å². The SMILES string of the molecule is O=C(c1ccccc1)N(CCc1ccccc1)c1cc[c]cc1. The van der Waals surface area contributed by atoms with Crippen LogP contribution in [0, 0.1) is 6.07 Å². The fraction of sp³-hybridized carbons (Fsp3) is 0.0952. The molecule has 1 radical (unpaired) electrons. The molecule has 0 N–H and O–H groups in total. The molecule has 0 aromatic heterocycles. The average Bonchev–Trinajstić information content (AvgIpc) is 2.64. The summed E-state index contributed by atoms with van der Waals surface area (Å²) in [5.74, 6) is 0.0210. The third-order valence-corrected chi connectivity index (χ3v) is 3.75. The molecule has 3 rings (SSSR count). The molecule has 0 heterocycles. The molecule has 2 heteroatoms. The molecule has 0 aliphatic heterocycles. The van der Waals surface area contributed by atoms with Crippen molar-refractivity contribution in [1.29, 1.82) is 0 Å². The van der Waals surface area contributed by atoms with E-state index in [1.807, 2.05) is 77.7 Å². The smallest absolute Gasteiger partial charge is 0.258 e. The zero-order valence-electron chi connectivity index (χ0n) is 12.9. The minimum atomic E-state index is 0.0210.